The molecule has 1 aromatic heterocycles. The Morgan fingerprint density at radius 2 is 2.17 bits per heavy atom. The maximum absolute atomic E-state index is 12.2. The van der Waals surface area contributed by atoms with Crippen LogP contribution in [0.2, 0.25) is 0 Å². The van der Waals surface area contributed by atoms with Crippen molar-refractivity contribution in [3.8, 4) is 5.75 Å². The van der Waals surface area contributed by atoms with Crippen molar-refractivity contribution in [1.82, 2.24) is 15.2 Å². The Morgan fingerprint density at radius 1 is 1.28 bits per heavy atom. The molecule has 2 amide bonds. The van der Waals surface area contributed by atoms with Crippen LogP contribution in [0.4, 0.5) is 0 Å². The number of aliphatic hydroxyl groups excluding tert-OH is 1. The number of ether oxygens (including phenoxy) is 1. The molecule has 0 saturated carbocycles. The number of nitrogens with one attached hydrogen (secondary N) is 1. The van der Waals surface area contributed by atoms with E-state index in [1.165, 1.54) is 6.39 Å². The Labute approximate surface area is 166 Å². The van der Waals surface area contributed by atoms with E-state index in [9.17, 15) is 14.7 Å². The van der Waals surface area contributed by atoms with Crippen molar-refractivity contribution in [1.29, 1.82) is 0 Å². The zero-order valence-electron chi connectivity index (χ0n) is 15.5. The van der Waals surface area contributed by atoms with Gasteiger partial charge in [0.25, 0.3) is 0 Å². The molecule has 148 valence electrons. The summed E-state index contributed by atoms with van der Waals surface area (Å²) < 4.78 is 11.3. The van der Waals surface area contributed by atoms with Crippen molar-refractivity contribution in [3.63, 3.8) is 0 Å². The van der Waals surface area contributed by atoms with Gasteiger partial charge in [-0.15, -0.1) is 0 Å². The minimum absolute atomic E-state index is 0.268. The van der Waals surface area contributed by atoms with Crippen LogP contribution in [0.5, 0.6) is 5.75 Å². The van der Waals surface area contributed by atoms with E-state index >= 15 is 0 Å². The molecular weight excluding hydrogens is 374 g/mol. The summed E-state index contributed by atoms with van der Waals surface area (Å²) in [6.45, 7) is 0.717. The van der Waals surface area contributed by atoms with Gasteiger partial charge in [0, 0.05) is 24.1 Å². The minimum atomic E-state index is -0.913. The molecule has 1 fully saturated rings. The number of piperidine rings is 1. The van der Waals surface area contributed by atoms with Crippen LogP contribution in [-0.2, 0) is 22.7 Å². The minimum Gasteiger partial charge on any atom is -0.489 e. The molecule has 8 nitrogen and oxygen atoms in total. The number of amides is 2. The quantitative estimate of drug-likeness (QED) is 0.654. The first kappa shape index (κ1) is 17.8. The summed E-state index contributed by atoms with van der Waals surface area (Å²) in [4.78, 5) is 29.5. The van der Waals surface area contributed by atoms with Gasteiger partial charge in [0.2, 0.25) is 11.8 Å². The summed E-state index contributed by atoms with van der Waals surface area (Å²) in [5, 5.41) is 13.1. The lowest BCUT2D eigenvalue weighted by Crippen LogP contribution is -2.51. The molecule has 29 heavy (non-hydrogen) atoms. The van der Waals surface area contributed by atoms with E-state index in [-0.39, 0.29) is 18.2 Å². The van der Waals surface area contributed by atoms with E-state index in [2.05, 4.69) is 10.3 Å². The predicted molar refractivity (Wildman–Crippen MR) is 101 cm³/mol. The number of aliphatic hydroxyl groups is 1. The van der Waals surface area contributed by atoms with Crippen LogP contribution in [0.3, 0.4) is 0 Å². The number of oxazole rings is 1. The summed E-state index contributed by atoms with van der Waals surface area (Å²) >= 11 is 0. The molecule has 0 bridgehead atoms. The Bertz CT molecular complexity index is 1110. The molecule has 5 rings (SSSR count). The standard InChI is InChI=1S/C21H19N3O5/c25-19-7-5-16(20(26)23-19)24-9-14-13(21(24)27)2-1-3-17(14)28-10-12-4-6-18-15(8-12)22-11-29-18/h1-4,6,8,11,16,21,27H,5,7,9-10H2,(H,23,25,26). The monoisotopic (exact) mass is 393 g/mol. The molecule has 2 unspecified atom stereocenters. The van der Waals surface area contributed by atoms with Crippen LogP contribution in [0, 0.1) is 0 Å². The van der Waals surface area contributed by atoms with Crippen LogP contribution in [0.25, 0.3) is 11.1 Å². The molecule has 2 aromatic carbocycles. The van der Waals surface area contributed by atoms with Gasteiger partial charge in [-0.3, -0.25) is 19.8 Å². The summed E-state index contributed by atoms with van der Waals surface area (Å²) in [6.07, 6.45) is 1.15. The van der Waals surface area contributed by atoms with Gasteiger partial charge in [-0.1, -0.05) is 18.2 Å². The zero-order valence-corrected chi connectivity index (χ0v) is 15.5. The van der Waals surface area contributed by atoms with Crippen molar-refractivity contribution >= 4 is 22.9 Å². The topological polar surface area (TPSA) is 105 Å². The van der Waals surface area contributed by atoms with Crippen LogP contribution < -0.4 is 10.1 Å². The maximum atomic E-state index is 12.2. The summed E-state index contributed by atoms with van der Waals surface area (Å²) in [6, 6.07) is 10.6. The lowest BCUT2D eigenvalue weighted by atomic mass is 10.0. The Morgan fingerprint density at radius 3 is 3.03 bits per heavy atom. The number of fused-ring (bicyclic) bond motifs is 2. The number of hydrogen-bond acceptors (Lipinski definition) is 7. The summed E-state index contributed by atoms with van der Waals surface area (Å²) in [7, 11) is 0. The van der Waals surface area contributed by atoms with Gasteiger partial charge < -0.3 is 14.3 Å². The van der Waals surface area contributed by atoms with Gasteiger partial charge in [-0.2, -0.15) is 0 Å². The second kappa shape index (κ2) is 6.98. The fraction of sp³-hybridized carbons (Fsp3) is 0.286. The van der Waals surface area contributed by atoms with Gasteiger partial charge >= 0.3 is 0 Å². The van der Waals surface area contributed by atoms with E-state index < -0.39 is 12.3 Å². The van der Waals surface area contributed by atoms with E-state index in [0.717, 1.165) is 27.8 Å². The van der Waals surface area contributed by atoms with E-state index in [0.29, 0.717) is 25.3 Å². The summed E-state index contributed by atoms with van der Waals surface area (Å²) in [5.41, 5.74) is 4.01. The highest BCUT2D eigenvalue weighted by Crippen LogP contribution is 2.39. The Hall–Kier alpha value is -3.23. The van der Waals surface area contributed by atoms with Crippen LogP contribution in [0.1, 0.15) is 35.8 Å². The van der Waals surface area contributed by atoms with Crippen molar-refractivity contribution in [3.05, 3.63) is 59.5 Å². The largest absolute Gasteiger partial charge is 0.489 e. The molecule has 0 aliphatic carbocycles. The fourth-order valence-electron chi connectivity index (χ4n) is 4.01. The molecule has 2 N–H and O–H groups in total. The van der Waals surface area contributed by atoms with E-state index in [1.807, 2.05) is 36.4 Å². The number of aromatic nitrogens is 1. The maximum Gasteiger partial charge on any atom is 0.244 e. The second-order valence-corrected chi connectivity index (χ2v) is 7.28. The third kappa shape index (κ3) is 3.16. The second-order valence-electron chi connectivity index (χ2n) is 7.28. The number of imide groups is 1. The van der Waals surface area contributed by atoms with Crippen molar-refractivity contribution < 1.29 is 23.8 Å². The van der Waals surface area contributed by atoms with Crippen molar-refractivity contribution in [2.24, 2.45) is 0 Å². The first-order valence-electron chi connectivity index (χ1n) is 9.44. The van der Waals surface area contributed by atoms with Gasteiger partial charge in [-0.25, -0.2) is 4.98 Å². The number of carbonyl (C=O) groups is 2. The number of benzene rings is 2. The average molecular weight is 393 g/mol. The van der Waals surface area contributed by atoms with Crippen molar-refractivity contribution in [2.75, 3.05) is 0 Å². The highest BCUT2D eigenvalue weighted by atomic mass is 16.5. The number of nitrogens with zero attached hydrogens (tertiary/aromatic N) is 2. The summed E-state index contributed by atoms with van der Waals surface area (Å²) in [5.74, 6) is 0.0265. The molecular formula is C21H19N3O5. The molecule has 3 aromatic rings. The number of hydrogen-bond donors (Lipinski definition) is 2. The molecule has 0 radical (unpaired) electrons. The average Bonchev–Trinajstić information content (AvgIpc) is 3.31. The lowest BCUT2D eigenvalue weighted by Gasteiger charge is -2.31. The van der Waals surface area contributed by atoms with Gasteiger partial charge in [0.1, 0.15) is 24.1 Å². The molecule has 2 aliphatic rings. The Kier molecular flexibility index (Phi) is 4.30. The third-order valence-corrected chi connectivity index (χ3v) is 5.50. The molecule has 1 saturated heterocycles. The van der Waals surface area contributed by atoms with Crippen molar-refractivity contribution in [2.45, 2.75) is 38.3 Å². The third-order valence-electron chi connectivity index (χ3n) is 5.50. The lowest BCUT2D eigenvalue weighted by molar-refractivity contribution is -0.141. The molecule has 0 spiro atoms. The highest BCUT2D eigenvalue weighted by molar-refractivity contribution is 6.00. The molecule has 2 atom stereocenters. The van der Waals surface area contributed by atoms with Crippen LogP contribution in [0.15, 0.2) is 47.2 Å². The highest BCUT2D eigenvalue weighted by Gasteiger charge is 2.40. The van der Waals surface area contributed by atoms with Crippen LogP contribution in [-0.4, -0.2) is 32.8 Å². The van der Waals surface area contributed by atoms with E-state index in [4.69, 9.17) is 9.15 Å². The first-order chi connectivity index (χ1) is 14.1. The fourth-order valence-corrected chi connectivity index (χ4v) is 4.01. The zero-order chi connectivity index (χ0) is 20.0. The molecule has 2 aliphatic heterocycles. The van der Waals surface area contributed by atoms with Crippen LogP contribution >= 0.6 is 0 Å². The first-order valence-corrected chi connectivity index (χ1v) is 9.44. The van der Waals surface area contributed by atoms with Gasteiger partial charge in [-0.05, 0) is 30.2 Å². The predicted octanol–water partition coefficient (Wildman–Crippen LogP) is 2.02. The van der Waals surface area contributed by atoms with Gasteiger partial charge in [0.15, 0.2) is 12.0 Å². The Balaban J connectivity index is 1.35. The number of rotatable bonds is 4. The molecule has 3 heterocycles. The molecule has 8 heteroatoms. The SMILES string of the molecule is O=C1CCC(N2Cc3c(OCc4ccc5ocnc5c4)cccc3C2O)C(=O)N1. The van der Waals surface area contributed by atoms with Gasteiger partial charge in [0.05, 0.1) is 6.04 Å². The number of carbonyl (C=O) groups excluding carboxylic acids is 2. The normalized spacial score (nSPS) is 22.0. The van der Waals surface area contributed by atoms with E-state index in [1.54, 1.807) is 4.90 Å². The smallest absolute Gasteiger partial charge is 0.244 e.